The second kappa shape index (κ2) is 4.62. The molecule has 0 amide bonds. The molecule has 0 aliphatic heterocycles. The Labute approximate surface area is 99.8 Å². The lowest BCUT2D eigenvalue weighted by molar-refractivity contribution is 0.112. The molecular weight excluding hydrogens is 216 g/mol. The lowest BCUT2D eigenvalue weighted by Gasteiger charge is -2.00. The smallest absolute Gasteiger partial charge is 0.150 e. The van der Waals surface area contributed by atoms with Gasteiger partial charge in [-0.1, -0.05) is 32.0 Å². The molecule has 16 heavy (non-hydrogen) atoms. The first-order chi connectivity index (χ1) is 7.70. The van der Waals surface area contributed by atoms with Gasteiger partial charge in [-0.25, -0.2) is 0 Å². The van der Waals surface area contributed by atoms with Gasteiger partial charge in [0.2, 0.25) is 0 Å². The van der Waals surface area contributed by atoms with Crippen LogP contribution in [0, 0.1) is 0 Å². The average molecular weight is 230 g/mol. The Hall–Kier alpha value is -1.41. The summed E-state index contributed by atoms with van der Waals surface area (Å²) in [5.74, 6) is 0.563. The van der Waals surface area contributed by atoms with E-state index < -0.39 is 0 Å². The van der Waals surface area contributed by atoms with Gasteiger partial charge in [-0.15, -0.1) is 11.3 Å². The Bertz CT molecular complexity index is 497. The molecule has 1 aromatic heterocycles. The maximum Gasteiger partial charge on any atom is 0.150 e. The van der Waals surface area contributed by atoms with Crippen LogP contribution in [0.5, 0.6) is 0 Å². The third-order valence-electron chi connectivity index (χ3n) is 2.50. The van der Waals surface area contributed by atoms with Crippen molar-refractivity contribution in [3.63, 3.8) is 0 Å². The van der Waals surface area contributed by atoms with Crippen molar-refractivity contribution in [2.75, 3.05) is 0 Å². The molecule has 0 fully saturated rings. The first kappa shape index (κ1) is 11.1. The largest absolute Gasteiger partial charge is 0.298 e. The molecule has 0 bridgehead atoms. The van der Waals surface area contributed by atoms with E-state index in [1.807, 2.05) is 24.3 Å². The van der Waals surface area contributed by atoms with Gasteiger partial charge in [0.25, 0.3) is 0 Å². The van der Waals surface area contributed by atoms with E-state index in [2.05, 4.69) is 26.0 Å². The molecule has 82 valence electrons. The molecule has 1 heterocycles. The van der Waals surface area contributed by atoms with Gasteiger partial charge in [0, 0.05) is 15.3 Å². The van der Waals surface area contributed by atoms with Crippen LogP contribution in [0.25, 0.3) is 10.4 Å². The highest BCUT2D eigenvalue weighted by molar-refractivity contribution is 7.15. The average Bonchev–Trinajstić information content (AvgIpc) is 2.78. The molecule has 0 spiro atoms. The predicted molar refractivity (Wildman–Crippen MR) is 69.2 cm³/mol. The zero-order chi connectivity index (χ0) is 11.5. The van der Waals surface area contributed by atoms with Crippen LogP contribution in [0.2, 0.25) is 0 Å². The van der Waals surface area contributed by atoms with Crippen molar-refractivity contribution >= 4 is 17.6 Å². The fourth-order valence-electron chi connectivity index (χ4n) is 1.58. The lowest BCUT2D eigenvalue weighted by atomic mass is 10.1. The van der Waals surface area contributed by atoms with Gasteiger partial charge in [-0.05, 0) is 29.7 Å². The zero-order valence-electron chi connectivity index (χ0n) is 9.44. The summed E-state index contributed by atoms with van der Waals surface area (Å²) in [6.45, 7) is 4.38. The monoisotopic (exact) mass is 230 g/mol. The lowest BCUT2D eigenvalue weighted by Crippen LogP contribution is -1.80. The third kappa shape index (κ3) is 2.22. The molecule has 0 saturated carbocycles. The minimum atomic E-state index is 0.563. The molecule has 0 saturated heterocycles. The van der Waals surface area contributed by atoms with Crippen molar-refractivity contribution in [3.05, 3.63) is 46.8 Å². The Morgan fingerprint density at radius 1 is 1.19 bits per heavy atom. The van der Waals surface area contributed by atoms with Gasteiger partial charge in [0.15, 0.2) is 0 Å². The number of carbonyl (C=O) groups is 1. The summed E-state index contributed by atoms with van der Waals surface area (Å²) in [6, 6.07) is 12.0. The second-order valence-corrected chi connectivity index (χ2v) is 5.22. The number of carbonyl (C=O) groups excluding carboxylic acids is 1. The highest BCUT2D eigenvalue weighted by Gasteiger charge is 2.05. The first-order valence-corrected chi connectivity index (χ1v) is 6.17. The van der Waals surface area contributed by atoms with E-state index in [9.17, 15) is 4.79 Å². The van der Waals surface area contributed by atoms with Gasteiger partial charge < -0.3 is 0 Å². The molecular formula is C14H14OS. The fraction of sp³-hybridized carbons (Fsp3) is 0.214. The van der Waals surface area contributed by atoms with Crippen LogP contribution >= 0.6 is 11.3 Å². The summed E-state index contributed by atoms with van der Waals surface area (Å²) in [5, 5.41) is 0. The van der Waals surface area contributed by atoms with Gasteiger partial charge >= 0.3 is 0 Å². The van der Waals surface area contributed by atoms with Crippen LogP contribution in [-0.2, 0) is 0 Å². The van der Waals surface area contributed by atoms with Crippen LogP contribution in [-0.4, -0.2) is 6.29 Å². The SMILES string of the molecule is CC(C)c1ccc(-c2cccc(C=O)c2)s1. The Morgan fingerprint density at radius 3 is 2.62 bits per heavy atom. The minimum absolute atomic E-state index is 0.563. The number of thiophene rings is 1. The summed E-state index contributed by atoms with van der Waals surface area (Å²) in [4.78, 5) is 13.3. The molecule has 0 aliphatic rings. The maximum atomic E-state index is 10.7. The highest BCUT2D eigenvalue weighted by atomic mass is 32.1. The summed E-state index contributed by atoms with van der Waals surface area (Å²) < 4.78 is 0. The van der Waals surface area contributed by atoms with E-state index >= 15 is 0 Å². The van der Waals surface area contributed by atoms with E-state index in [1.165, 1.54) is 9.75 Å². The molecule has 2 heteroatoms. The minimum Gasteiger partial charge on any atom is -0.298 e. The van der Waals surface area contributed by atoms with Crippen molar-refractivity contribution < 1.29 is 4.79 Å². The Morgan fingerprint density at radius 2 is 2.00 bits per heavy atom. The molecule has 0 atom stereocenters. The van der Waals surface area contributed by atoms with E-state index in [1.54, 1.807) is 11.3 Å². The van der Waals surface area contributed by atoms with Gasteiger partial charge in [-0.3, -0.25) is 4.79 Å². The van der Waals surface area contributed by atoms with Gasteiger partial charge in [-0.2, -0.15) is 0 Å². The van der Waals surface area contributed by atoms with Gasteiger partial charge in [0.05, 0.1) is 0 Å². The van der Waals surface area contributed by atoms with E-state index in [4.69, 9.17) is 0 Å². The van der Waals surface area contributed by atoms with Crippen LogP contribution in [0.1, 0.15) is 35.0 Å². The predicted octanol–water partition coefficient (Wildman–Crippen LogP) is 4.35. The van der Waals surface area contributed by atoms with Crippen molar-refractivity contribution in [3.8, 4) is 10.4 Å². The molecule has 0 radical (unpaired) electrons. The standard InChI is InChI=1S/C14H14OS/c1-10(2)13-6-7-14(16-13)12-5-3-4-11(8-12)9-15/h3-10H,1-2H3. The maximum absolute atomic E-state index is 10.7. The van der Waals surface area contributed by atoms with E-state index in [0.29, 0.717) is 5.92 Å². The van der Waals surface area contributed by atoms with Crippen LogP contribution in [0.3, 0.4) is 0 Å². The molecule has 0 unspecified atom stereocenters. The number of aldehydes is 1. The van der Waals surface area contributed by atoms with Gasteiger partial charge in [0.1, 0.15) is 6.29 Å². The molecule has 0 N–H and O–H groups in total. The molecule has 2 aromatic rings. The number of hydrogen-bond donors (Lipinski definition) is 0. The van der Waals surface area contributed by atoms with Crippen molar-refractivity contribution in [1.82, 2.24) is 0 Å². The molecule has 2 rings (SSSR count). The van der Waals surface area contributed by atoms with Crippen molar-refractivity contribution in [1.29, 1.82) is 0 Å². The normalized spacial score (nSPS) is 10.7. The quantitative estimate of drug-likeness (QED) is 0.716. The Balaban J connectivity index is 2.38. The number of benzene rings is 1. The number of hydrogen-bond acceptors (Lipinski definition) is 2. The summed E-state index contributed by atoms with van der Waals surface area (Å²) in [7, 11) is 0. The van der Waals surface area contributed by atoms with Crippen LogP contribution in [0.15, 0.2) is 36.4 Å². The molecule has 1 aromatic carbocycles. The summed E-state index contributed by atoms with van der Waals surface area (Å²) in [5.41, 5.74) is 1.86. The van der Waals surface area contributed by atoms with Crippen molar-refractivity contribution in [2.45, 2.75) is 19.8 Å². The van der Waals surface area contributed by atoms with Crippen LogP contribution in [0.4, 0.5) is 0 Å². The molecule has 1 nitrogen and oxygen atoms in total. The molecule has 0 aliphatic carbocycles. The first-order valence-electron chi connectivity index (χ1n) is 5.36. The third-order valence-corrected chi connectivity index (χ3v) is 3.94. The zero-order valence-corrected chi connectivity index (χ0v) is 10.3. The van der Waals surface area contributed by atoms with E-state index in [0.717, 1.165) is 17.4 Å². The second-order valence-electron chi connectivity index (χ2n) is 4.10. The summed E-state index contributed by atoms with van der Waals surface area (Å²) in [6.07, 6.45) is 0.889. The topological polar surface area (TPSA) is 17.1 Å². The summed E-state index contributed by atoms with van der Waals surface area (Å²) >= 11 is 1.80. The fourth-order valence-corrected chi connectivity index (χ4v) is 2.59. The van der Waals surface area contributed by atoms with E-state index in [-0.39, 0.29) is 0 Å². The Kier molecular flexibility index (Phi) is 3.20. The van der Waals surface area contributed by atoms with Crippen LogP contribution < -0.4 is 0 Å². The van der Waals surface area contributed by atoms with Crippen molar-refractivity contribution in [2.24, 2.45) is 0 Å². The highest BCUT2D eigenvalue weighted by Crippen LogP contribution is 2.32. The number of rotatable bonds is 3.